The van der Waals surface area contributed by atoms with E-state index in [4.69, 9.17) is 5.11 Å². The van der Waals surface area contributed by atoms with Crippen LogP contribution in [0.2, 0.25) is 0 Å². The van der Waals surface area contributed by atoms with E-state index in [1.165, 1.54) is 0 Å². The summed E-state index contributed by atoms with van der Waals surface area (Å²) in [6.07, 6.45) is 1.17. The quantitative estimate of drug-likeness (QED) is 0.759. The maximum atomic E-state index is 12.3. The molecule has 0 unspecified atom stereocenters. The fourth-order valence-corrected chi connectivity index (χ4v) is 2.05. The van der Waals surface area contributed by atoms with Crippen LogP contribution in [0.5, 0.6) is 0 Å². The van der Waals surface area contributed by atoms with Gasteiger partial charge in [-0.25, -0.2) is 0 Å². The summed E-state index contributed by atoms with van der Waals surface area (Å²) in [6, 6.07) is 9.05. The number of carbonyl (C=O) groups excluding carboxylic acids is 2. The Bertz CT molecular complexity index is 448. The molecule has 5 nitrogen and oxygen atoms in total. The number of amides is 2. The summed E-state index contributed by atoms with van der Waals surface area (Å²) in [5, 5.41) is 11.4. The first-order chi connectivity index (χ1) is 10.1. The third-order valence-electron chi connectivity index (χ3n) is 3.24. The average molecular weight is 292 g/mol. The van der Waals surface area contributed by atoms with Gasteiger partial charge in [-0.05, 0) is 18.9 Å². The van der Waals surface area contributed by atoms with Gasteiger partial charge in [-0.1, -0.05) is 37.3 Å². The third kappa shape index (κ3) is 5.55. The van der Waals surface area contributed by atoms with Gasteiger partial charge in [0.05, 0.1) is 6.61 Å². The van der Waals surface area contributed by atoms with Crippen LogP contribution in [0.1, 0.15) is 32.3 Å². The molecule has 1 atom stereocenters. The van der Waals surface area contributed by atoms with Gasteiger partial charge in [0.15, 0.2) is 0 Å². The third-order valence-corrected chi connectivity index (χ3v) is 3.24. The Morgan fingerprint density at radius 2 is 1.95 bits per heavy atom. The van der Waals surface area contributed by atoms with Gasteiger partial charge >= 0.3 is 0 Å². The van der Waals surface area contributed by atoms with Gasteiger partial charge in [0.25, 0.3) is 0 Å². The lowest BCUT2D eigenvalue weighted by Crippen LogP contribution is -2.48. The number of benzene rings is 1. The normalized spacial score (nSPS) is 11.8. The van der Waals surface area contributed by atoms with E-state index in [1.54, 1.807) is 11.8 Å². The number of aliphatic hydroxyl groups is 1. The van der Waals surface area contributed by atoms with Crippen molar-refractivity contribution in [3.63, 3.8) is 0 Å². The summed E-state index contributed by atoms with van der Waals surface area (Å²) in [5.41, 5.74) is 0.990. The van der Waals surface area contributed by atoms with Crippen LogP contribution in [-0.2, 0) is 16.1 Å². The van der Waals surface area contributed by atoms with Gasteiger partial charge in [-0.2, -0.15) is 0 Å². The van der Waals surface area contributed by atoms with Gasteiger partial charge in [0.2, 0.25) is 11.8 Å². The van der Waals surface area contributed by atoms with Crippen LogP contribution < -0.4 is 5.32 Å². The smallest absolute Gasteiger partial charge is 0.242 e. The van der Waals surface area contributed by atoms with Gasteiger partial charge in [0, 0.05) is 19.5 Å². The molecular formula is C16H24N2O3. The molecule has 116 valence electrons. The SMILES string of the molecule is CCCC(=O)N(Cc1ccccc1)[C@@H](C)C(=O)NCCO. The van der Waals surface area contributed by atoms with E-state index >= 15 is 0 Å². The van der Waals surface area contributed by atoms with Gasteiger partial charge in [-0.15, -0.1) is 0 Å². The molecule has 5 heteroatoms. The van der Waals surface area contributed by atoms with Crippen LogP contribution >= 0.6 is 0 Å². The molecule has 1 aromatic rings. The van der Waals surface area contributed by atoms with Crippen LogP contribution in [0.25, 0.3) is 0 Å². The lowest BCUT2D eigenvalue weighted by atomic mass is 10.1. The molecule has 0 aromatic heterocycles. The first-order valence-corrected chi connectivity index (χ1v) is 7.32. The second kappa shape index (κ2) is 9.13. The van der Waals surface area contributed by atoms with Crippen molar-refractivity contribution in [2.75, 3.05) is 13.2 Å². The number of carbonyl (C=O) groups is 2. The Kier molecular flexibility index (Phi) is 7.46. The molecule has 0 aliphatic heterocycles. The second-order valence-electron chi connectivity index (χ2n) is 4.95. The number of nitrogens with one attached hydrogen (secondary N) is 1. The Morgan fingerprint density at radius 1 is 1.29 bits per heavy atom. The molecule has 0 saturated carbocycles. The van der Waals surface area contributed by atoms with Crippen LogP contribution in [-0.4, -0.2) is 41.0 Å². The number of hydrogen-bond donors (Lipinski definition) is 2. The average Bonchev–Trinajstić information content (AvgIpc) is 2.50. The lowest BCUT2D eigenvalue weighted by molar-refractivity contribution is -0.140. The van der Waals surface area contributed by atoms with Crippen LogP contribution in [0.15, 0.2) is 30.3 Å². The minimum absolute atomic E-state index is 0.0343. The molecule has 1 rings (SSSR count). The van der Waals surface area contributed by atoms with E-state index in [0.717, 1.165) is 12.0 Å². The highest BCUT2D eigenvalue weighted by atomic mass is 16.3. The Labute approximate surface area is 126 Å². The fourth-order valence-electron chi connectivity index (χ4n) is 2.05. The highest BCUT2D eigenvalue weighted by molar-refractivity contribution is 5.87. The van der Waals surface area contributed by atoms with Gasteiger partial charge in [-0.3, -0.25) is 9.59 Å². The van der Waals surface area contributed by atoms with E-state index < -0.39 is 6.04 Å². The molecule has 0 aliphatic rings. The monoisotopic (exact) mass is 292 g/mol. The van der Waals surface area contributed by atoms with Crippen molar-refractivity contribution in [1.29, 1.82) is 0 Å². The van der Waals surface area contributed by atoms with Gasteiger partial charge in [0.1, 0.15) is 6.04 Å². The zero-order valence-corrected chi connectivity index (χ0v) is 12.7. The molecule has 2 amide bonds. The summed E-state index contributed by atoms with van der Waals surface area (Å²) in [6.45, 7) is 4.15. The molecule has 0 bridgehead atoms. The summed E-state index contributed by atoms with van der Waals surface area (Å²) in [5.74, 6) is -0.280. The topological polar surface area (TPSA) is 69.6 Å². The van der Waals surface area contributed by atoms with Crippen molar-refractivity contribution < 1.29 is 14.7 Å². The van der Waals surface area contributed by atoms with Crippen molar-refractivity contribution in [3.05, 3.63) is 35.9 Å². The number of hydrogen-bond acceptors (Lipinski definition) is 3. The zero-order valence-electron chi connectivity index (χ0n) is 12.7. The highest BCUT2D eigenvalue weighted by Gasteiger charge is 2.25. The molecule has 0 heterocycles. The predicted octanol–water partition coefficient (Wildman–Crippen LogP) is 1.31. The predicted molar refractivity (Wildman–Crippen MR) is 81.5 cm³/mol. The Morgan fingerprint density at radius 3 is 2.52 bits per heavy atom. The van der Waals surface area contributed by atoms with E-state index in [2.05, 4.69) is 5.32 Å². The minimum atomic E-state index is -0.559. The first-order valence-electron chi connectivity index (χ1n) is 7.32. The van der Waals surface area contributed by atoms with Crippen LogP contribution in [0, 0.1) is 0 Å². The van der Waals surface area contributed by atoms with E-state index in [0.29, 0.717) is 13.0 Å². The highest BCUT2D eigenvalue weighted by Crippen LogP contribution is 2.11. The van der Waals surface area contributed by atoms with Crippen molar-refractivity contribution in [2.45, 2.75) is 39.3 Å². The number of nitrogens with zero attached hydrogens (tertiary/aromatic N) is 1. The van der Waals surface area contributed by atoms with E-state index in [1.807, 2.05) is 37.3 Å². The minimum Gasteiger partial charge on any atom is -0.395 e. The zero-order chi connectivity index (χ0) is 15.7. The van der Waals surface area contributed by atoms with Gasteiger partial charge < -0.3 is 15.3 Å². The standard InChI is InChI=1S/C16H24N2O3/c1-3-7-15(20)18(12-14-8-5-4-6-9-14)13(2)16(21)17-10-11-19/h4-6,8-9,13,19H,3,7,10-12H2,1-2H3,(H,17,21)/t13-/m0/s1. The maximum Gasteiger partial charge on any atom is 0.242 e. The Balaban J connectivity index is 2.81. The van der Waals surface area contributed by atoms with Crippen LogP contribution in [0.3, 0.4) is 0 Å². The second-order valence-corrected chi connectivity index (χ2v) is 4.95. The number of rotatable bonds is 8. The molecule has 0 aliphatic carbocycles. The van der Waals surface area contributed by atoms with E-state index in [-0.39, 0.29) is 25.0 Å². The number of aliphatic hydroxyl groups excluding tert-OH is 1. The largest absolute Gasteiger partial charge is 0.395 e. The van der Waals surface area contributed by atoms with Crippen LogP contribution in [0.4, 0.5) is 0 Å². The van der Waals surface area contributed by atoms with E-state index in [9.17, 15) is 9.59 Å². The fraction of sp³-hybridized carbons (Fsp3) is 0.500. The van der Waals surface area contributed by atoms with Crippen molar-refractivity contribution in [3.8, 4) is 0 Å². The first kappa shape index (κ1) is 17.2. The van der Waals surface area contributed by atoms with Crippen molar-refractivity contribution >= 4 is 11.8 Å². The van der Waals surface area contributed by atoms with Crippen molar-refractivity contribution in [1.82, 2.24) is 10.2 Å². The summed E-state index contributed by atoms with van der Waals surface area (Å²) >= 11 is 0. The molecule has 0 radical (unpaired) electrons. The molecule has 21 heavy (non-hydrogen) atoms. The molecule has 0 fully saturated rings. The Hall–Kier alpha value is -1.88. The molecule has 0 saturated heterocycles. The lowest BCUT2D eigenvalue weighted by Gasteiger charge is -2.28. The molecule has 0 spiro atoms. The summed E-state index contributed by atoms with van der Waals surface area (Å²) in [7, 11) is 0. The summed E-state index contributed by atoms with van der Waals surface area (Å²) in [4.78, 5) is 25.9. The maximum absolute atomic E-state index is 12.3. The summed E-state index contributed by atoms with van der Waals surface area (Å²) < 4.78 is 0. The molecule has 1 aromatic carbocycles. The van der Waals surface area contributed by atoms with Crippen molar-refractivity contribution in [2.24, 2.45) is 0 Å². The molecular weight excluding hydrogens is 268 g/mol. The molecule has 2 N–H and O–H groups in total.